The van der Waals surface area contributed by atoms with Crippen LogP contribution in [0, 0.1) is 3.57 Å². The number of hydrogen-bond acceptors (Lipinski definition) is 3. The van der Waals surface area contributed by atoms with E-state index in [1.165, 1.54) is 18.2 Å². The molecule has 0 heterocycles. The molecule has 0 bridgehead atoms. The van der Waals surface area contributed by atoms with Gasteiger partial charge < -0.3 is 5.11 Å². The molecule has 1 N–H and O–H groups in total. The summed E-state index contributed by atoms with van der Waals surface area (Å²) in [6.07, 6.45) is 1.14. The second kappa shape index (κ2) is 3.21. The number of phenolic OH excluding ortho intramolecular Hbond substituents is 1. The van der Waals surface area contributed by atoms with Gasteiger partial charge in [0.15, 0.2) is 9.84 Å². The number of hydrogen-bond donors (Lipinski definition) is 1. The molecule has 66 valence electrons. The van der Waals surface area contributed by atoms with E-state index in [1.807, 2.05) is 22.6 Å². The molecule has 0 aliphatic heterocycles. The van der Waals surface area contributed by atoms with Crippen LogP contribution in [0.3, 0.4) is 0 Å². The maximum Gasteiger partial charge on any atom is 0.176 e. The summed E-state index contributed by atoms with van der Waals surface area (Å²) in [6.45, 7) is 0. The van der Waals surface area contributed by atoms with Crippen LogP contribution in [0.15, 0.2) is 23.1 Å². The van der Waals surface area contributed by atoms with E-state index in [9.17, 15) is 8.42 Å². The zero-order chi connectivity index (χ0) is 9.35. The Bertz CT molecular complexity index is 397. The summed E-state index contributed by atoms with van der Waals surface area (Å²) in [6, 6.07) is 4.17. The molecule has 0 fully saturated rings. The minimum Gasteiger partial charge on any atom is -0.508 e. The molecule has 3 nitrogen and oxygen atoms in total. The summed E-state index contributed by atoms with van der Waals surface area (Å²) in [7, 11) is -3.17. The van der Waals surface area contributed by atoms with Crippen molar-refractivity contribution in [1.82, 2.24) is 0 Å². The van der Waals surface area contributed by atoms with E-state index >= 15 is 0 Å². The van der Waals surface area contributed by atoms with E-state index in [4.69, 9.17) is 5.11 Å². The van der Waals surface area contributed by atoms with Crippen LogP contribution >= 0.6 is 22.6 Å². The van der Waals surface area contributed by atoms with Gasteiger partial charge in [-0.25, -0.2) is 8.42 Å². The lowest BCUT2D eigenvalue weighted by molar-refractivity contribution is 0.474. The van der Waals surface area contributed by atoms with E-state index in [1.54, 1.807) is 0 Å². The van der Waals surface area contributed by atoms with Gasteiger partial charge in [-0.15, -0.1) is 0 Å². The quantitative estimate of drug-likeness (QED) is 0.797. The van der Waals surface area contributed by atoms with Gasteiger partial charge in [-0.2, -0.15) is 0 Å². The lowest BCUT2D eigenvalue weighted by Gasteiger charge is -2.01. The fourth-order valence-corrected chi connectivity index (χ4v) is 3.22. The Morgan fingerprint density at radius 2 is 2.00 bits per heavy atom. The third-order valence-electron chi connectivity index (χ3n) is 1.31. The molecular formula is C7H7IO3S. The Balaban J connectivity index is 3.39. The van der Waals surface area contributed by atoms with Crippen LogP contribution in [0.2, 0.25) is 0 Å². The van der Waals surface area contributed by atoms with Gasteiger partial charge in [0.2, 0.25) is 0 Å². The average Bonchev–Trinajstić information content (AvgIpc) is 1.83. The first kappa shape index (κ1) is 9.79. The molecule has 0 aliphatic rings. The molecule has 0 aliphatic carbocycles. The van der Waals surface area contributed by atoms with E-state index in [0.29, 0.717) is 3.57 Å². The molecule has 1 aromatic carbocycles. The molecule has 0 unspecified atom stereocenters. The van der Waals surface area contributed by atoms with Gasteiger partial charge in [0.25, 0.3) is 0 Å². The van der Waals surface area contributed by atoms with E-state index in [2.05, 4.69) is 0 Å². The zero-order valence-corrected chi connectivity index (χ0v) is 9.26. The highest BCUT2D eigenvalue weighted by Gasteiger charge is 2.11. The first-order valence-corrected chi connectivity index (χ1v) is 6.07. The molecule has 12 heavy (non-hydrogen) atoms. The summed E-state index contributed by atoms with van der Waals surface area (Å²) >= 11 is 1.87. The Hall–Kier alpha value is -0.300. The van der Waals surface area contributed by atoms with Crippen molar-refractivity contribution in [1.29, 1.82) is 0 Å². The molecular weight excluding hydrogens is 291 g/mol. The highest BCUT2D eigenvalue weighted by molar-refractivity contribution is 14.1. The molecule has 1 rings (SSSR count). The second-order valence-corrected chi connectivity index (χ2v) is 5.53. The summed E-state index contributed by atoms with van der Waals surface area (Å²) in [4.78, 5) is 0.251. The van der Waals surface area contributed by atoms with Crippen molar-refractivity contribution in [2.24, 2.45) is 0 Å². The van der Waals surface area contributed by atoms with Crippen LogP contribution in [0.25, 0.3) is 0 Å². The predicted octanol–water partition coefficient (Wildman–Crippen LogP) is 1.40. The SMILES string of the molecule is CS(=O)(=O)c1ccc(O)cc1I. The summed E-state index contributed by atoms with van der Waals surface area (Å²) in [5.41, 5.74) is 0. The highest BCUT2D eigenvalue weighted by Crippen LogP contribution is 2.22. The molecule has 5 heteroatoms. The normalized spacial score (nSPS) is 11.5. The lowest BCUT2D eigenvalue weighted by atomic mass is 10.3. The van der Waals surface area contributed by atoms with E-state index in [0.717, 1.165) is 6.26 Å². The van der Waals surface area contributed by atoms with Crippen molar-refractivity contribution in [2.45, 2.75) is 4.90 Å². The van der Waals surface area contributed by atoms with Crippen LogP contribution in [-0.2, 0) is 9.84 Å². The lowest BCUT2D eigenvalue weighted by Crippen LogP contribution is -1.99. The minimum atomic E-state index is -3.17. The Morgan fingerprint density at radius 1 is 1.42 bits per heavy atom. The molecule has 0 saturated heterocycles. The number of rotatable bonds is 1. The summed E-state index contributed by atoms with van der Waals surface area (Å²) in [5, 5.41) is 9.00. The van der Waals surface area contributed by atoms with Gasteiger partial charge in [0.1, 0.15) is 5.75 Å². The van der Waals surface area contributed by atoms with Crippen LogP contribution in [0.5, 0.6) is 5.75 Å². The molecule has 0 saturated carbocycles. The van der Waals surface area contributed by atoms with E-state index < -0.39 is 9.84 Å². The third-order valence-corrected chi connectivity index (χ3v) is 3.73. The van der Waals surface area contributed by atoms with Crippen molar-refractivity contribution in [3.8, 4) is 5.75 Å². The van der Waals surface area contributed by atoms with Crippen molar-refractivity contribution in [2.75, 3.05) is 6.26 Å². The number of benzene rings is 1. The molecule has 0 aromatic heterocycles. The predicted molar refractivity (Wildman–Crippen MR) is 53.9 cm³/mol. The number of phenols is 1. The standard InChI is InChI=1S/C7H7IO3S/c1-12(10,11)7-3-2-5(9)4-6(7)8/h2-4,9H,1H3. The average molecular weight is 298 g/mol. The fraction of sp³-hybridized carbons (Fsp3) is 0.143. The van der Waals surface area contributed by atoms with Crippen LogP contribution < -0.4 is 0 Å². The number of sulfone groups is 1. The van der Waals surface area contributed by atoms with Gasteiger partial charge in [0.05, 0.1) is 4.90 Å². The Kier molecular flexibility index (Phi) is 2.62. The minimum absolute atomic E-state index is 0.0757. The van der Waals surface area contributed by atoms with Gasteiger partial charge in [-0.3, -0.25) is 0 Å². The third kappa shape index (κ3) is 2.10. The van der Waals surface area contributed by atoms with Crippen molar-refractivity contribution in [3.63, 3.8) is 0 Å². The highest BCUT2D eigenvalue weighted by atomic mass is 127. The molecule has 0 atom stereocenters. The Labute approximate surface area is 84.5 Å². The van der Waals surface area contributed by atoms with Gasteiger partial charge in [-0.05, 0) is 40.8 Å². The molecule has 0 amide bonds. The first-order chi connectivity index (χ1) is 5.41. The zero-order valence-electron chi connectivity index (χ0n) is 6.28. The largest absolute Gasteiger partial charge is 0.508 e. The van der Waals surface area contributed by atoms with Gasteiger partial charge in [0, 0.05) is 9.83 Å². The molecule has 0 spiro atoms. The van der Waals surface area contributed by atoms with Crippen LogP contribution in [0.4, 0.5) is 0 Å². The fourth-order valence-electron chi connectivity index (χ4n) is 0.790. The first-order valence-electron chi connectivity index (χ1n) is 3.10. The smallest absolute Gasteiger partial charge is 0.176 e. The topological polar surface area (TPSA) is 54.4 Å². The van der Waals surface area contributed by atoms with Crippen molar-refractivity contribution < 1.29 is 13.5 Å². The van der Waals surface area contributed by atoms with Crippen molar-refractivity contribution in [3.05, 3.63) is 21.8 Å². The van der Waals surface area contributed by atoms with E-state index in [-0.39, 0.29) is 10.6 Å². The second-order valence-electron chi connectivity index (χ2n) is 2.39. The Morgan fingerprint density at radius 3 is 2.42 bits per heavy atom. The van der Waals surface area contributed by atoms with Crippen LogP contribution in [0.1, 0.15) is 0 Å². The monoisotopic (exact) mass is 298 g/mol. The summed E-state index contributed by atoms with van der Waals surface area (Å²) in [5.74, 6) is 0.0757. The van der Waals surface area contributed by atoms with Gasteiger partial charge >= 0.3 is 0 Å². The maximum absolute atomic E-state index is 11.1. The van der Waals surface area contributed by atoms with Crippen LogP contribution in [-0.4, -0.2) is 19.8 Å². The maximum atomic E-state index is 11.1. The van der Waals surface area contributed by atoms with Crippen molar-refractivity contribution >= 4 is 32.4 Å². The van der Waals surface area contributed by atoms with Gasteiger partial charge in [-0.1, -0.05) is 0 Å². The summed E-state index contributed by atoms with van der Waals surface area (Å²) < 4.78 is 22.7. The molecule has 1 aromatic rings. The number of halogens is 1. The number of aromatic hydroxyl groups is 1. The molecule has 0 radical (unpaired) electrons.